The van der Waals surface area contributed by atoms with E-state index in [1.165, 1.54) is 0 Å². The van der Waals surface area contributed by atoms with Gasteiger partial charge >= 0.3 is 0 Å². The molecular formula is C16H25F2N. The van der Waals surface area contributed by atoms with Crippen LogP contribution in [0.1, 0.15) is 40.2 Å². The Kier molecular flexibility index (Phi) is 5.48. The molecule has 0 spiro atoms. The standard InChI is InChI=1S/C16H25F2N/c1-11(2)19-10-13(16(3,4)5)9-12-7-6-8-14(17)15(12)18/h6-8,11,13,19H,9-10H2,1-5H3. The molecule has 1 rings (SSSR count). The summed E-state index contributed by atoms with van der Waals surface area (Å²) in [6.45, 7) is 11.4. The quantitative estimate of drug-likeness (QED) is 0.846. The van der Waals surface area contributed by atoms with Crippen LogP contribution in [-0.4, -0.2) is 12.6 Å². The van der Waals surface area contributed by atoms with Crippen LogP contribution in [-0.2, 0) is 6.42 Å². The van der Waals surface area contributed by atoms with Crippen LogP contribution >= 0.6 is 0 Å². The molecule has 19 heavy (non-hydrogen) atoms. The van der Waals surface area contributed by atoms with E-state index in [0.717, 1.165) is 12.6 Å². The van der Waals surface area contributed by atoms with Crippen molar-refractivity contribution in [2.75, 3.05) is 6.54 Å². The summed E-state index contributed by atoms with van der Waals surface area (Å²) < 4.78 is 27.0. The van der Waals surface area contributed by atoms with Crippen molar-refractivity contribution in [1.82, 2.24) is 5.32 Å². The second-order valence-corrected chi connectivity index (χ2v) is 6.54. The van der Waals surface area contributed by atoms with E-state index in [2.05, 4.69) is 39.9 Å². The number of hydrogen-bond donors (Lipinski definition) is 1. The van der Waals surface area contributed by atoms with Crippen LogP contribution in [0.5, 0.6) is 0 Å². The van der Waals surface area contributed by atoms with Gasteiger partial charge in [-0.15, -0.1) is 0 Å². The minimum absolute atomic E-state index is 0.0423. The molecule has 0 aliphatic rings. The van der Waals surface area contributed by atoms with E-state index in [4.69, 9.17) is 0 Å². The van der Waals surface area contributed by atoms with E-state index < -0.39 is 11.6 Å². The zero-order chi connectivity index (χ0) is 14.6. The van der Waals surface area contributed by atoms with Gasteiger partial charge in [0.1, 0.15) is 0 Å². The second kappa shape index (κ2) is 6.47. The van der Waals surface area contributed by atoms with Gasteiger partial charge in [0.2, 0.25) is 0 Å². The van der Waals surface area contributed by atoms with Crippen molar-refractivity contribution >= 4 is 0 Å². The molecule has 0 bridgehead atoms. The van der Waals surface area contributed by atoms with E-state index in [0.29, 0.717) is 18.0 Å². The van der Waals surface area contributed by atoms with Crippen molar-refractivity contribution in [2.45, 2.75) is 47.1 Å². The molecule has 3 heteroatoms. The molecule has 0 aromatic heterocycles. The Hall–Kier alpha value is -0.960. The van der Waals surface area contributed by atoms with Crippen LogP contribution in [0.4, 0.5) is 8.78 Å². The van der Waals surface area contributed by atoms with Crippen LogP contribution in [0.15, 0.2) is 18.2 Å². The van der Waals surface area contributed by atoms with Gasteiger partial charge in [-0.3, -0.25) is 0 Å². The Morgan fingerprint density at radius 3 is 2.32 bits per heavy atom. The summed E-state index contributed by atoms with van der Waals surface area (Å²) in [5.41, 5.74) is 0.506. The predicted molar refractivity (Wildman–Crippen MR) is 76.1 cm³/mol. The summed E-state index contributed by atoms with van der Waals surface area (Å²) in [6, 6.07) is 4.80. The van der Waals surface area contributed by atoms with Crippen LogP contribution in [0.25, 0.3) is 0 Å². The second-order valence-electron chi connectivity index (χ2n) is 6.54. The molecule has 0 radical (unpaired) electrons. The average Bonchev–Trinajstić information content (AvgIpc) is 2.27. The summed E-state index contributed by atoms with van der Waals surface area (Å²) in [7, 11) is 0. The first-order valence-corrected chi connectivity index (χ1v) is 6.88. The molecule has 0 aliphatic heterocycles. The van der Waals surface area contributed by atoms with Gasteiger partial charge in [-0.05, 0) is 35.9 Å². The molecule has 1 atom stereocenters. The molecule has 0 saturated heterocycles. The van der Waals surface area contributed by atoms with E-state index in [1.54, 1.807) is 12.1 Å². The molecule has 0 amide bonds. The molecule has 1 aromatic carbocycles. The minimum atomic E-state index is -0.762. The van der Waals surface area contributed by atoms with Crippen molar-refractivity contribution in [3.8, 4) is 0 Å². The van der Waals surface area contributed by atoms with Crippen molar-refractivity contribution in [1.29, 1.82) is 0 Å². The van der Waals surface area contributed by atoms with Crippen LogP contribution in [0.3, 0.4) is 0 Å². The van der Waals surface area contributed by atoms with Gasteiger partial charge in [-0.1, -0.05) is 46.8 Å². The first kappa shape index (κ1) is 16.1. The van der Waals surface area contributed by atoms with E-state index in [1.807, 2.05) is 0 Å². The number of halogens is 2. The monoisotopic (exact) mass is 269 g/mol. The summed E-state index contributed by atoms with van der Waals surface area (Å²) in [4.78, 5) is 0. The topological polar surface area (TPSA) is 12.0 Å². The highest BCUT2D eigenvalue weighted by Gasteiger charge is 2.26. The number of nitrogens with one attached hydrogen (secondary N) is 1. The van der Waals surface area contributed by atoms with Crippen molar-refractivity contribution in [3.05, 3.63) is 35.4 Å². The number of rotatable bonds is 5. The summed E-state index contributed by atoms with van der Waals surface area (Å²) >= 11 is 0. The lowest BCUT2D eigenvalue weighted by molar-refractivity contribution is 0.224. The zero-order valence-corrected chi connectivity index (χ0v) is 12.6. The fourth-order valence-electron chi connectivity index (χ4n) is 2.03. The Morgan fingerprint density at radius 2 is 1.79 bits per heavy atom. The Labute approximate surface area is 115 Å². The van der Waals surface area contributed by atoms with Crippen molar-refractivity contribution in [2.24, 2.45) is 11.3 Å². The fourth-order valence-corrected chi connectivity index (χ4v) is 2.03. The third-order valence-electron chi connectivity index (χ3n) is 3.50. The van der Waals surface area contributed by atoms with Gasteiger partial charge in [0.05, 0.1) is 0 Å². The molecule has 0 aliphatic carbocycles. The molecule has 0 fully saturated rings. The maximum absolute atomic E-state index is 13.8. The number of hydrogen-bond acceptors (Lipinski definition) is 1. The number of benzene rings is 1. The minimum Gasteiger partial charge on any atom is -0.314 e. The first-order valence-electron chi connectivity index (χ1n) is 6.88. The molecule has 1 nitrogen and oxygen atoms in total. The van der Waals surface area contributed by atoms with Crippen molar-refractivity contribution in [3.63, 3.8) is 0 Å². The molecule has 0 saturated carbocycles. The van der Waals surface area contributed by atoms with Gasteiger partial charge in [-0.25, -0.2) is 8.78 Å². The van der Waals surface area contributed by atoms with Gasteiger partial charge in [0, 0.05) is 6.04 Å². The highest BCUT2D eigenvalue weighted by molar-refractivity contribution is 5.20. The first-order chi connectivity index (χ1) is 8.71. The fraction of sp³-hybridized carbons (Fsp3) is 0.625. The van der Waals surface area contributed by atoms with Crippen LogP contribution in [0.2, 0.25) is 0 Å². The van der Waals surface area contributed by atoms with E-state index in [9.17, 15) is 8.78 Å². The molecule has 1 aromatic rings. The SMILES string of the molecule is CC(C)NCC(Cc1cccc(F)c1F)C(C)(C)C. The van der Waals surface area contributed by atoms with E-state index >= 15 is 0 Å². The predicted octanol–water partition coefficient (Wildman–Crippen LogP) is 4.17. The largest absolute Gasteiger partial charge is 0.314 e. The maximum atomic E-state index is 13.8. The van der Waals surface area contributed by atoms with Gasteiger partial charge in [0.15, 0.2) is 11.6 Å². The summed E-state index contributed by atoms with van der Waals surface area (Å²) in [5, 5.41) is 3.39. The third-order valence-corrected chi connectivity index (χ3v) is 3.50. The summed E-state index contributed by atoms with van der Waals surface area (Å²) in [6.07, 6.45) is 0.548. The molecule has 1 N–H and O–H groups in total. The van der Waals surface area contributed by atoms with Gasteiger partial charge in [0.25, 0.3) is 0 Å². The highest BCUT2D eigenvalue weighted by atomic mass is 19.2. The normalized spacial score (nSPS) is 13.9. The lowest BCUT2D eigenvalue weighted by Gasteiger charge is -2.32. The molecule has 0 heterocycles. The Morgan fingerprint density at radius 1 is 1.16 bits per heavy atom. The van der Waals surface area contributed by atoms with Crippen LogP contribution in [0, 0.1) is 23.0 Å². The Balaban J connectivity index is 2.85. The molecular weight excluding hydrogens is 244 g/mol. The van der Waals surface area contributed by atoms with Gasteiger partial charge in [-0.2, -0.15) is 0 Å². The zero-order valence-electron chi connectivity index (χ0n) is 12.6. The van der Waals surface area contributed by atoms with E-state index in [-0.39, 0.29) is 11.3 Å². The lowest BCUT2D eigenvalue weighted by atomic mass is 9.77. The third kappa shape index (κ3) is 4.90. The Bertz CT molecular complexity index is 408. The smallest absolute Gasteiger partial charge is 0.162 e. The maximum Gasteiger partial charge on any atom is 0.162 e. The molecule has 1 unspecified atom stereocenters. The van der Waals surface area contributed by atoms with Crippen LogP contribution < -0.4 is 5.32 Å². The lowest BCUT2D eigenvalue weighted by Crippen LogP contribution is -2.36. The average molecular weight is 269 g/mol. The van der Waals surface area contributed by atoms with Gasteiger partial charge < -0.3 is 5.32 Å². The molecule has 108 valence electrons. The highest BCUT2D eigenvalue weighted by Crippen LogP contribution is 2.29. The van der Waals surface area contributed by atoms with Crippen molar-refractivity contribution < 1.29 is 8.78 Å². The summed E-state index contributed by atoms with van der Waals surface area (Å²) in [5.74, 6) is -1.21.